The van der Waals surface area contributed by atoms with Crippen LogP contribution in [0.5, 0.6) is 0 Å². The third kappa shape index (κ3) is 14.5. The molecule has 208 valence electrons. The van der Waals surface area contributed by atoms with Crippen LogP contribution in [0.15, 0.2) is 60.7 Å². The molecule has 0 saturated heterocycles. The second-order valence-corrected chi connectivity index (χ2v) is 8.73. The molecule has 0 saturated carbocycles. The lowest BCUT2D eigenvalue weighted by atomic mass is 9.93. The lowest BCUT2D eigenvalue weighted by molar-refractivity contribution is -0.129. The van der Waals surface area contributed by atoms with Gasteiger partial charge < -0.3 is 9.80 Å². The summed E-state index contributed by atoms with van der Waals surface area (Å²) in [7, 11) is 3.92. The molecular formula is C30H58B2N2OS-2. The molecule has 0 N–H and O–H groups in total. The van der Waals surface area contributed by atoms with Gasteiger partial charge in [-0.25, -0.2) is 0 Å². The highest BCUT2D eigenvalue weighted by atomic mass is 32.1. The molecule has 0 radical (unpaired) electrons. The maximum absolute atomic E-state index is 11.2. The van der Waals surface area contributed by atoms with Crippen LogP contribution in [0.2, 0.25) is 0 Å². The third-order valence-electron chi connectivity index (χ3n) is 6.31. The first-order chi connectivity index (χ1) is 16.1. The van der Waals surface area contributed by atoms with Gasteiger partial charge in [-0.2, -0.15) is 0 Å². The first-order valence-electron chi connectivity index (χ1n) is 12.6. The first-order valence-corrected chi connectivity index (χ1v) is 13.0. The number of hydrogen-bond acceptors (Lipinski definition) is 2. The summed E-state index contributed by atoms with van der Waals surface area (Å²) in [5, 5.41) is 0. The molecule has 0 bridgehead atoms. The average molecular weight is 516 g/mol. The first kappa shape index (κ1) is 41.1. The second-order valence-electron chi connectivity index (χ2n) is 8.14. The van der Waals surface area contributed by atoms with Crippen molar-refractivity contribution in [3.05, 3.63) is 71.8 Å². The van der Waals surface area contributed by atoms with E-state index in [1.807, 2.05) is 59.9 Å². The Labute approximate surface area is 233 Å². The van der Waals surface area contributed by atoms with Crippen LogP contribution < -0.4 is 0 Å². The number of likely N-dealkylation sites (N-methyl/N-ethyl adjacent to an activating group) is 2. The molecule has 4 unspecified atom stereocenters. The van der Waals surface area contributed by atoms with Crippen molar-refractivity contribution in [1.82, 2.24) is 9.80 Å². The molecule has 0 aliphatic heterocycles. The van der Waals surface area contributed by atoms with Gasteiger partial charge in [-0.1, -0.05) is 131 Å². The highest BCUT2D eigenvalue weighted by molar-refractivity contribution is 7.80. The van der Waals surface area contributed by atoms with Gasteiger partial charge in [0.05, 0.1) is 4.99 Å². The molecular weight excluding hydrogens is 458 g/mol. The van der Waals surface area contributed by atoms with E-state index in [-0.39, 0.29) is 28.8 Å². The van der Waals surface area contributed by atoms with Crippen LogP contribution in [0.3, 0.4) is 0 Å². The summed E-state index contributed by atoms with van der Waals surface area (Å²) < 4.78 is 0. The van der Waals surface area contributed by atoms with Gasteiger partial charge in [0.15, 0.2) is 0 Å². The molecule has 0 spiro atoms. The molecule has 0 aromatic heterocycles. The zero-order chi connectivity index (χ0) is 26.8. The number of carbonyl (C=O) groups is 1. The minimum absolute atomic E-state index is 0. The monoisotopic (exact) mass is 516 g/mol. The van der Waals surface area contributed by atoms with Crippen LogP contribution in [-0.2, 0) is 4.79 Å². The van der Waals surface area contributed by atoms with Gasteiger partial charge in [0.1, 0.15) is 0 Å². The normalized spacial score (nSPS) is 12.3. The summed E-state index contributed by atoms with van der Waals surface area (Å²) in [5.41, 5.74) is 2.64. The van der Waals surface area contributed by atoms with Gasteiger partial charge in [0, 0.05) is 44.9 Å². The molecule has 0 heterocycles. The van der Waals surface area contributed by atoms with Crippen LogP contribution in [0.4, 0.5) is 0 Å². The fourth-order valence-electron chi connectivity index (χ4n) is 3.31. The van der Waals surface area contributed by atoms with E-state index in [2.05, 4.69) is 82.1 Å². The maximum atomic E-state index is 11.2. The Morgan fingerprint density at radius 3 is 1.17 bits per heavy atom. The van der Waals surface area contributed by atoms with Gasteiger partial charge in [-0.3, -0.25) is 4.79 Å². The molecule has 3 nitrogen and oxygen atoms in total. The predicted molar refractivity (Wildman–Crippen MR) is 178 cm³/mol. The Bertz CT molecular complexity index is 723. The lowest BCUT2D eigenvalue weighted by Gasteiger charge is -2.31. The van der Waals surface area contributed by atoms with Crippen molar-refractivity contribution >= 4 is 39.9 Å². The number of nitrogens with zero attached hydrogens (tertiary/aromatic N) is 2. The average Bonchev–Trinajstić information content (AvgIpc) is 2.89. The quantitative estimate of drug-likeness (QED) is 0.387. The number of carbonyl (C=O) groups excluding carboxylic acids is 1. The van der Waals surface area contributed by atoms with Crippen molar-refractivity contribution in [2.24, 2.45) is 0 Å². The molecule has 0 aliphatic rings. The van der Waals surface area contributed by atoms with E-state index in [1.54, 1.807) is 11.8 Å². The fourth-order valence-corrected chi connectivity index (χ4v) is 3.48. The smallest absolute Gasteiger partial charge is 0.219 e. The summed E-state index contributed by atoms with van der Waals surface area (Å²) in [6.45, 7) is 20.3. The molecule has 0 aliphatic carbocycles. The molecule has 4 atom stereocenters. The fraction of sp³-hybridized carbons (Fsp3) is 0.533. The highest BCUT2D eigenvalue weighted by Gasteiger charge is 2.20. The third-order valence-corrected chi connectivity index (χ3v) is 6.60. The predicted octanol–water partition coefficient (Wildman–Crippen LogP) is 5.26. The SMILES string of the molecule is CC.CC.CC(=O)N(C)C(C)C(C)c1ccccc1.CC(=S)N(C)C(C)C(C)c1ccccc1.[BH4-].[BH4-]. The summed E-state index contributed by atoms with van der Waals surface area (Å²) in [4.78, 5) is 16.1. The summed E-state index contributed by atoms with van der Waals surface area (Å²) >= 11 is 5.19. The molecule has 2 aromatic carbocycles. The zero-order valence-electron chi connectivity index (χ0n) is 23.8. The van der Waals surface area contributed by atoms with Crippen LogP contribution in [0.1, 0.15) is 92.2 Å². The Morgan fingerprint density at radius 1 is 0.639 bits per heavy atom. The molecule has 1 amide bonds. The molecule has 36 heavy (non-hydrogen) atoms. The minimum Gasteiger partial charge on any atom is -0.366 e. The summed E-state index contributed by atoms with van der Waals surface area (Å²) in [6.07, 6.45) is 0. The zero-order valence-corrected chi connectivity index (χ0v) is 24.6. The number of rotatable bonds is 6. The summed E-state index contributed by atoms with van der Waals surface area (Å²) in [5.74, 6) is 0.972. The summed E-state index contributed by atoms with van der Waals surface area (Å²) in [6, 6.07) is 21.5. The number of amides is 1. The minimum atomic E-state index is 0. The van der Waals surface area contributed by atoms with Crippen molar-refractivity contribution < 1.29 is 4.79 Å². The van der Waals surface area contributed by atoms with Gasteiger partial charge in [0.2, 0.25) is 5.91 Å². The van der Waals surface area contributed by atoms with Crippen LogP contribution >= 0.6 is 12.2 Å². The van der Waals surface area contributed by atoms with E-state index in [1.165, 1.54) is 11.1 Å². The van der Waals surface area contributed by atoms with E-state index >= 15 is 0 Å². The number of hydrogen-bond donors (Lipinski definition) is 0. The van der Waals surface area contributed by atoms with Gasteiger partial charge in [-0.05, 0) is 31.9 Å². The number of benzene rings is 2. The van der Waals surface area contributed by atoms with Crippen molar-refractivity contribution in [2.75, 3.05) is 14.1 Å². The van der Waals surface area contributed by atoms with Crippen molar-refractivity contribution in [3.8, 4) is 0 Å². The molecule has 6 heteroatoms. The van der Waals surface area contributed by atoms with Gasteiger partial charge >= 0.3 is 0 Å². The molecule has 2 rings (SSSR count). The van der Waals surface area contributed by atoms with Crippen molar-refractivity contribution in [2.45, 2.75) is 93.2 Å². The van der Waals surface area contributed by atoms with Crippen molar-refractivity contribution in [1.29, 1.82) is 0 Å². The maximum Gasteiger partial charge on any atom is 0.219 e. The Morgan fingerprint density at radius 2 is 0.917 bits per heavy atom. The van der Waals surface area contributed by atoms with E-state index in [9.17, 15) is 4.79 Å². The van der Waals surface area contributed by atoms with Crippen LogP contribution in [0.25, 0.3) is 0 Å². The largest absolute Gasteiger partial charge is 0.366 e. The van der Waals surface area contributed by atoms with E-state index in [0.29, 0.717) is 17.9 Å². The topological polar surface area (TPSA) is 23.6 Å². The molecule has 2 aromatic rings. The van der Waals surface area contributed by atoms with E-state index < -0.39 is 0 Å². The van der Waals surface area contributed by atoms with Gasteiger partial charge in [0.25, 0.3) is 0 Å². The Hall–Kier alpha value is -2.07. The number of thiocarbonyl (C=S) groups is 1. The van der Waals surface area contributed by atoms with Crippen molar-refractivity contribution in [3.63, 3.8) is 0 Å². The Balaban J connectivity index is -0.000000238. The van der Waals surface area contributed by atoms with Crippen LogP contribution in [-0.4, -0.2) is 63.7 Å². The van der Waals surface area contributed by atoms with E-state index in [4.69, 9.17) is 12.2 Å². The van der Waals surface area contributed by atoms with Gasteiger partial charge in [-0.15, -0.1) is 0 Å². The second kappa shape index (κ2) is 23.3. The Kier molecular flexibility index (Phi) is 26.6. The molecule has 0 fully saturated rings. The van der Waals surface area contributed by atoms with E-state index in [0.717, 1.165) is 4.99 Å². The standard InChI is InChI=1S/C13H19NO.C13H19NS.2C2H6.2BH4/c2*1-10(11(2)14(4)12(3)15)13-8-6-5-7-9-13;2*1-2;;/h2*5-11H,1-4H3;2*1-2H3;2*1H4/q;;;;2*-1. The lowest BCUT2D eigenvalue weighted by Crippen LogP contribution is -2.36. The van der Waals surface area contributed by atoms with Crippen LogP contribution in [0, 0.1) is 0 Å². The highest BCUT2D eigenvalue weighted by Crippen LogP contribution is 2.23.